The summed E-state index contributed by atoms with van der Waals surface area (Å²) in [6.07, 6.45) is 0. The van der Waals surface area contributed by atoms with E-state index in [1.54, 1.807) is 0 Å². The van der Waals surface area contributed by atoms with Crippen molar-refractivity contribution < 1.29 is 4.79 Å². The zero-order chi connectivity index (χ0) is 18.7. The third-order valence-corrected chi connectivity index (χ3v) is 5.78. The van der Waals surface area contributed by atoms with Crippen LogP contribution in [0.3, 0.4) is 0 Å². The molecule has 0 unspecified atom stereocenters. The number of anilines is 1. The molecule has 0 aliphatic carbocycles. The predicted octanol–water partition coefficient (Wildman–Crippen LogP) is 4.59. The lowest BCUT2D eigenvalue weighted by Crippen LogP contribution is -2.14. The van der Waals surface area contributed by atoms with Crippen LogP contribution >= 0.6 is 27.7 Å². The van der Waals surface area contributed by atoms with Crippen molar-refractivity contribution >= 4 is 39.3 Å². The normalized spacial score (nSPS) is 10.8. The largest absolute Gasteiger partial charge is 0.325 e. The second-order valence-electron chi connectivity index (χ2n) is 5.98. The van der Waals surface area contributed by atoms with Gasteiger partial charge in [-0.3, -0.25) is 4.79 Å². The van der Waals surface area contributed by atoms with Crippen LogP contribution in [0.5, 0.6) is 0 Å². The SMILES string of the molecule is Cc1ccc(NC(=O)CSc2nnc(-c3ccccc3Br)n2C)cc1C. The monoisotopic (exact) mass is 430 g/mol. The van der Waals surface area contributed by atoms with E-state index in [2.05, 4.69) is 31.4 Å². The first-order valence-corrected chi connectivity index (χ1v) is 9.88. The lowest BCUT2D eigenvalue weighted by atomic mass is 10.1. The highest BCUT2D eigenvalue weighted by Crippen LogP contribution is 2.28. The Balaban J connectivity index is 1.66. The second kappa shape index (κ2) is 8.05. The van der Waals surface area contributed by atoms with Gasteiger partial charge in [0.15, 0.2) is 11.0 Å². The maximum atomic E-state index is 12.2. The van der Waals surface area contributed by atoms with Gasteiger partial charge in [-0.05, 0) is 43.2 Å². The molecule has 3 rings (SSSR count). The zero-order valence-corrected chi connectivity index (χ0v) is 17.2. The third kappa shape index (κ3) is 4.16. The molecular formula is C19H19BrN4OS. The van der Waals surface area contributed by atoms with Gasteiger partial charge in [-0.1, -0.05) is 52.0 Å². The quantitative estimate of drug-likeness (QED) is 0.601. The number of thioether (sulfide) groups is 1. The molecule has 0 radical (unpaired) electrons. The van der Waals surface area contributed by atoms with Crippen LogP contribution in [0.4, 0.5) is 5.69 Å². The molecule has 1 N–H and O–H groups in total. The van der Waals surface area contributed by atoms with Gasteiger partial charge in [0.1, 0.15) is 0 Å². The Morgan fingerprint density at radius 1 is 1.15 bits per heavy atom. The minimum Gasteiger partial charge on any atom is -0.325 e. The van der Waals surface area contributed by atoms with Crippen molar-refractivity contribution in [2.24, 2.45) is 7.05 Å². The van der Waals surface area contributed by atoms with E-state index in [0.29, 0.717) is 5.16 Å². The summed E-state index contributed by atoms with van der Waals surface area (Å²) in [5.74, 6) is 0.965. The van der Waals surface area contributed by atoms with Gasteiger partial charge in [0.05, 0.1) is 5.75 Å². The first-order chi connectivity index (χ1) is 12.5. The summed E-state index contributed by atoms with van der Waals surface area (Å²) in [6.45, 7) is 4.08. The van der Waals surface area contributed by atoms with E-state index in [0.717, 1.165) is 27.1 Å². The standard InChI is InChI=1S/C19H19BrN4OS/c1-12-8-9-14(10-13(12)2)21-17(25)11-26-19-23-22-18(24(19)3)15-6-4-5-7-16(15)20/h4-10H,11H2,1-3H3,(H,21,25). The number of hydrogen-bond donors (Lipinski definition) is 1. The number of carbonyl (C=O) groups is 1. The minimum absolute atomic E-state index is 0.0660. The number of nitrogens with one attached hydrogen (secondary N) is 1. The molecule has 26 heavy (non-hydrogen) atoms. The molecular weight excluding hydrogens is 412 g/mol. The van der Waals surface area contributed by atoms with Crippen LogP contribution < -0.4 is 5.32 Å². The molecule has 0 saturated heterocycles. The van der Waals surface area contributed by atoms with E-state index >= 15 is 0 Å². The highest BCUT2D eigenvalue weighted by atomic mass is 79.9. The molecule has 5 nitrogen and oxygen atoms in total. The molecule has 134 valence electrons. The second-order valence-corrected chi connectivity index (χ2v) is 7.78. The molecule has 0 aliphatic heterocycles. The molecule has 3 aromatic rings. The number of amides is 1. The molecule has 0 saturated carbocycles. The van der Waals surface area contributed by atoms with Gasteiger partial charge in [0.2, 0.25) is 5.91 Å². The highest BCUT2D eigenvalue weighted by Gasteiger charge is 2.14. The van der Waals surface area contributed by atoms with Crippen LogP contribution in [0.15, 0.2) is 52.1 Å². The molecule has 0 aliphatic rings. The number of nitrogens with zero attached hydrogens (tertiary/aromatic N) is 3. The summed E-state index contributed by atoms with van der Waals surface area (Å²) in [4.78, 5) is 12.2. The fourth-order valence-corrected chi connectivity index (χ4v) is 3.64. The van der Waals surface area contributed by atoms with Crippen LogP contribution in [-0.4, -0.2) is 26.4 Å². The maximum Gasteiger partial charge on any atom is 0.234 e. The van der Waals surface area contributed by atoms with E-state index in [4.69, 9.17) is 0 Å². The summed E-state index contributed by atoms with van der Waals surface area (Å²) in [5.41, 5.74) is 4.14. The van der Waals surface area contributed by atoms with Gasteiger partial charge in [0, 0.05) is 22.8 Å². The average molecular weight is 431 g/mol. The summed E-state index contributed by atoms with van der Waals surface area (Å²) < 4.78 is 2.85. The Bertz CT molecular complexity index is 954. The number of carbonyl (C=O) groups excluding carboxylic acids is 1. The summed E-state index contributed by atoms with van der Waals surface area (Å²) >= 11 is 4.90. The molecule has 1 amide bonds. The Hall–Kier alpha value is -2.12. The Morgan fingerprint density at radius 3 is 2.65 bits per heavy atom. The smallest absolute Gasteiger partial charge is 0.234 e. The van der Waals surface area contributed by atoms with Gasteiger partial charge < -0.3 is 9.88 Å². The topological polar surface area (TPSA) is 59.8 Å². The van der Waals surface area contributed by atoms with Crippen LogP contribution in [0.2, 0.25) is 0 Å². The number of aromatic nitrogens is 3. The fourth-order valence-electron chi connectivity index (χ4n) is 2.46. The van der Waals surface area contributed by atoms with Crippen LogP contribution in [-0.2, 0) is 11.8 Å². The van der Waals surface area contributed by atoms with E-state index in [-0.39, 0.29) is 11.7 Å². The van der Waals surface area contributed by atoms with E-state index in [1.807, 2.05) is 67.9 Å². The molecule has 1 aromatic heterocycles. The highest BCUT2D eigenvalue weighted by molar-refractivity contribution is 9.10. The number of rotatable bonds is 5. The predicted molar refractivity (Wildman–Crippen MR) is 109 cm³/mol. The average Bonchev–Trinajstić information content (AvgIpc) is 2.97. The van der Waals surface area contributed by atoms with Gasteiger partial charge in [-0.15, -0.1) is 10.2 Å². The third-order valence-electron chi connectivity index (χ3n) is 4.07. The lowest BCUT2D eigenvalue weighted by molar-refractivity contribution is -0.113. The van der Waals surface area contributed by atoms with E-state index < -0.39 is 0 Å². The van der Waals surface area contributed by atoms with Gasteiger partial charge in [-0.25, -0.2) is 0 Å². The van der Waals surface area contributed by atoms with Crippen molar-refractivity contribution in [2.75, 3.05) is 11.1 Å². The fraction of sp³-hybridized carbons (Fsp3) is 0.211. The number of halogens is 1. The lowest BCUT2D eigenvalue weighted by Gasteiger charge is -2.08. The zero-order valence-electron chi connectivity index (χ0n) is 14.8. The van der Waals surface area contributed by atoms with Crippen LogP contribution in [0.1, 0.15) is 11.1 Å². The van der Waals surface area contributed by atoms with Crippen molar-refractivity contribution in [1.29, 1.82) is 0 Å². The molecule has 0 fully saturated rings. The Kier molecular flexibility index (Phi) is 5.78. The van der Waals surface area contributed by atoms with E-state index in [9.17, 15) is 4.79 Å². The molecule has 1 heterocycles. The molecule has 7 heteroatoms. The van der Waals surface area contributed by atoms with Crippen molar-refractivity contribution in [3.63, 3.8) is 0 Å². The number of aryl methyl sites for hydroxylation is 2. The maximum absolute atomic E-state index is 12.2. The molecule has 0 bridgehead atoms. The van der Waals surface area contributed by atoms with Crippen molar-refractivity contribution in [1.82, 2.24) is 14.8 Å². The number of hydrogen-bond acceptors (Lipinski definition) is 4. The van der Waals surface area contributed by atoms with Gasteiger partial charge in [0.25, 0.3) is 0 Å². The summed E-state index contributed by atoms with van der Waals surface area (Å²) in [7, 11) is 1.90. The molecule has 0 spiro atoms. The first-order valence-electron chi connectivity index (χ1n) is 8.10. The van der Waals surface area contributed by atoms with Crippen molar-refractivity contribution in [3.8, 4) is 11.4 Å². The summed E-state index contributed by atoms with van der Waals surface area (Å²) in [5, 5.41) is 12.1. The van der Waals surface area contributed by atoms with E-state index in [1.165, 1.54) is 17.3 Å². The van der Waals surface area contributed by atoms with Crippen LogP contribution in [0, 0.1) is 13.8 Å². The van der Waals surface area contributed by atoms with Crippen molar-refractivity contribution in [2.45, 2.75) is 19.0 Å². The summed E-state index contributed by atoms with van der Waals surface area (Å²) in [6, 6.07) is 13.8. The van der Waals surface area contributed by atoms with Crippen LogP contribution in [0.25, 0.3) is 11.4 Å². The minimum atomic E-state index is -0.0660. The Labute approximate surface area is 165 Å². The van der Waals surface area contributed by atoms with Gasteiger partial charge in [-0.2, -0.15) is 0 Å². The van der Waals surface area contributed by atoms with Crippen molar-refractivity contribution in [3.05, 3.63) is 58.1 Å². The molecule has 2 aromatic carbocycles. The molecule has 0 atom stereocenters. The number of benzene rings is 2. The van der Waals surface area contributed by atoms with Gasteiger partial charge >= 0.3 is 0 Å². The Morgan fingerprint density at radius 2 is 1.92 bits per heavy atom. The first kappa shape index (κ1) is 18.7.